The number of hydrazine groups is 1. The van der Waals surface area contributed by atoms with Crippen molar-refractivity contribution >= 4 is 0 Å². The highest BCUT2D eigenvalue weighted by Crippen LogP contribution is 1.86. The number of nitrogens with two attached hydrogens (primary N) is 2. The molecule has 7 nitrogen and oxygen atoms in total. The average Bonchev–Trinajstić information content (AvgIpc) is 2.52. The Morgan fingerprint density at radius 2 is 1.32 bits per heavy atom. The molecule has 0 aromatic carbocycles. The van der Waals surface area contributed by atoms with Gasteiger partial charge in [0.2, 0.25) is 0 Å². The van der Waals surface area contributed by atoms with Gasteiger partial charge in [0.15, 0.2) is 0 Å². The van der Waals surface area contributed by atoms with E-state index in [0.717, 1.165) is 0 Å². The van der Waals surface area contributed by atoms with Crippen molar-refractivity contribution in [1.82, 2.24) is 5.01 Å². The topological polar surface area (TPSA) is 103 Å². The summed E-state index contributed by atoms with van der Waals surface area (Å²) in [5, 5.41) is 9.94. The maximum absolute atomic E-state index is 8.45. The lowest BCUT2D eigenvalue weighted by Gasteiger charge is -2.14. The molecule has 5 N–H and O–H groups in total. The molecule has 0 aromatic rings. The van der Waals surface area contributed by atoms with Crippen LogP contribution in [0.3, 0.4) is 0 Å². The quantitative estimate of drug-likeness (QED) is 0.280. The van der Waals surface area contributed by atoms with Crippen molar-refractivity contribution in [2.45, 2.75) is 34.6 Å². The molecule has 0 unspecified atom stereocenters. The van der Waals surface area contributed by atoms with Crippen LogP contribution in [0.4, 0.5) is 0 Å². The molecule has 0 saturated carbocycles. The fourth-order valence-electron chi connectivity index (χ4n) is 1.10. The Labute approximate surface area is 136 Å². The highest BCUT2D eigenvalue weighted by Gasteiger charge is 1.94. The van der Waals surface area contributed by atoms with E-state index in [4.69, 9.17) is 30.9 Å². The van der Waals surface area contributed by atoms with Gasteiger partial charge in [0.05, 0.1) is 52.8 Å². The Balaban J connectivity index is -0.000000826. The number of hydrogen-bond acceptors (Lipinski definition) is 7. The Hall–Kier alpha value is -0.860. The van der Waals surface area contributed by atoms with Crippen LogP contribution in [0.25, 0.3) is 0 Å². The van der Waals surface area contributed by atoms with E-state index in [0.29, 0.717) is 51.9 Å². The van der Waals surface area contributed by atoms with Crippen LogP contribution in [-0.2, 0) is 14.2 Å². The van der Waals surface area contributed by atoms with E-state index in [1.54, 1.807) is 13.1 Å². The summed E-state index contributed by atoms with van der Waals surface area (Å²) in [6.45, 7) is 13.3. The molecule has 0 aliphatic carbocycles. The van der Waals surface area contributed by atoms with Gasteiger partial charge in [-0.15, -0.1) is 0 Å². The Kier molecular flexibility index (Phi) is 29.7. The molecule has 0 aliphatic rings. The predicted octanol–water partition coefficient (Wildman–Crippen LogP) is 1.08. The maximum atomic E-state index is 8.45. The van der Waals surface area contributed by atoms with Gasteiger partial charge >= 0.3 is 0 Å². The van der Waals surface area contributed by atoms with Crippen molar-refractivity contribution in [2.24, 2.45) is 11.6 Å². The van der Waals surface area contributed by atoms with Gasteiger partial charge in [-0.3, -0.25) is 0 Å². The molecule has 0 radical (unpaired) electrons. The molecule has 0 spiro atoms. The van der Waals surface area contributed by atoms with Gasteiger partial charge in [-0.05, 0) is 6.92 Å². The second-order valence-corrected chi connectivity index (χ2v) is 3.67. The fourth-order valence-corrected chi connectivity index (χ4v) is 1.10. The van der Waals surface area contributed by atoms with Crippen molar-refractivity contribution in [3.05, 3.63) is 11.9 Å². The first-order valence-electron chi connectivity index (χ1n) is 7.96. The highest BCUT2D eigenvalue weighted by molar-refractivity contribution is 4.89. The number of rotatable bonds is 12. The van der Waals surface area contributed by atoms with Gasteiger partial charge in [-0.1, -0.05) is 27.7 Å². The minimum absolute atomic E-state index is 0.0371. The molecule has 0 aromatic heterocycles. The zero-order chi connectivity index (χ0) is 17.6. The molecule has 22 heavy (non-hydrogen) atoms. The van der Waals surface area contributed by atoms with E-state index in [-0.39, 0.29) is 6.61 Å². The summed E-state index contributed by atoms with van der Waals surface area (Å²) >= 11 is 0. The summed E-state index contributed by atoms with van der Waals surface area (Å²) in [7, 11) is 0. The summed E-state index contributed by atoms with van der Waals surface area (Å²) in [5.74, 6) is 5.61. The molecule has 0 saturated heterocycles. The van der Waals surface area contributed by atoms with Crippen LogP contribution in [-0.4, -0.2) is 62.9 Å². The lowest BCUT2D eigenvalue weighted by Crippen LogP contribution is -2.30. The zero-order valence-electron chi connectivity index (χ0n) is 15.0. The first-order chi connectivity index (χ1) is 10.7. The van der Waals surface area contributed by atoms with Crippen molar-refractivity contribution in [1.29, 1.82) is 0 Å². The molecule has 0 atom stereocenters. The predicted molar refractivity (Wildman–Crippen MR) is 91.1 cm³/mol. The number of allylic oxidation sites excluding steroid dienone is 1. The van der Waals surface area contributed by atoms with Crippen LogP contribution >= 0.6 is 0 Å². The Morgan fingerprint density at radius 1 is 0.909 bits per heavy atom. The lowest BCUT2D eigenvalue weighted by molar-refractivity contribution is 0.00590. The number of ether oxygens (including phenoxy) is 3. The van der Waals surface area contributed by atoms with Crippen LogP contribution in [0.2, 0.25) is 0 Å². The summed E-state index contributed by atoms with van der Waals surface area (Å²) in [6.07, 6.45) is 1.65. The molecule has 0 aliphatic heterocycles. The molecule has 136 valence electrons. The van der Waals surface area contributed by atoms with Gasteiger partial charge in [-0.2, -0.15) is 0 Å². The van der Waals surface area contributed by atoms with Gasteiger partial charge in [0.1, 0.15) is 0 Å². The van der Waals surface area contributed by atoms with Gasteiger partial charge in [-0.25, -0.2) is 5.84 Å². The molecule has 7 heteroatoms. The third-order valence-electron chi connectivity index (χ3n) is 1.84. The van der Waals surface area contributed by atoms with Crippen molar-refractivity contribution in [3.8, 4) is 0 Å². The van der Waals surface area contributed by atoms with Gasteiger partial charge < -0.3 is 30.1 Å². The van der Waals surface area contributed by atoms with Crippen LogP contribution in [0, 0.1) is 0 Å². The third kappa shape index (κ3) is 27.5. The van der Waals surface area contributed by atoms with E-state index < -0.39 is 0 Å². The minimum Gasteiger partial charge on any atom is -0.401 e. The first-order valence-corrected chi connectivity index (χ1v) is 7.96. The highest BCUT2D eigenvalue weighted by atomic mass is 16.5. The maximum Gasteiger partial charge on any atom is 0.0701 e. The van der Waals surface area contributed by atoms with E-state index >= 15 is 0 Å². The molecule has 0 amide bonds. The van der Waals surface area contributed by atoms with Crippen molar-refractivity contribution in [2.75, 3.05) is 52.8 Å². The number of hydrogen-bond donors (Lipinski definition) is 3. The molecule has 0 heterocycles. The first kappa shape index (κ1) is 26.1. The monoisotopic (exact) mass is 323 g/mol. The van der Waals surface area contributed by atoms with Crippen LogP contribution in [0.15, 0.2) is 11.9 Å². The summed E-state index contributed by atoms with van der Waals surface area (Å²) in [5.41, 5.74) is 6.12. The normalized spacial score (nSPS) is 10.2. The van der Waals surface area contributed by atoms with Gasteiger partial charge in [0, 0.05) is 11.9 Å². The smallest absolute Gasteiger partial charge is 0.0701 e. The average molecular weight is 323 g/mol. The van der Waals surface area contributed by atoms with E-state index in [1.807, 2.05) is 27.7 Å². The third-order valence-corrected chi connectivity index (χ3v) is 1.84. The largest absolute Gasteiger partial charge is 0.401 e. The molecular weight excluding hydrogens is 286 g/mol. The lowest BCUT2D eigenvalue weighted by atomic mass is 10.5. The number of aliphatic hydroxyl groups excluding tert-OH is 1. The van der Waals surface area contributed by atoms with Gasteiger partial charge in [0.25, 0.3) is 0 Å². The second-order valence-electron chi connectivity index (χ2n) is 3.67. The zero-order valence-corrected chi connectivity index (χ0v) is 15.0. The van der Waals surface area contributed by atoms with E-state index in [9.17, 15) is 0 Å². The summed E-state index contributed by atoms with van der Waals surface area (Å²) < 4.78 is 15.6. The SMILES string of the molecule is C/C(N)=C/N(N)CCOCCOCCOCCO.CC.CC. The van der Waals surface area contributed by atoms with Crippen molar-refractivity contribution < 1.29 is 19.3 Å². The Bertz CT molecular complexity index is 213. The Morgan fingerprint density at radius 3 is 1.73 bits per heavy atom. The van der Waals surface area contributed by atoms with E-state index in [1.165, 1.54) is 5.01 Å². The summed E-state index contributed by atoms with van der Waals surface area (Å²) in [4.78, 5) is 0. The fraction of sp³-hybridized carbons (Fsp3) is 0.867. The van der Waals surface area contributed by atoms with Crippen molar-refractivity contribution in [3.63, 3.8) is 0 Å². The molecule has 0 bridgehead atoms. The minimum atomic E-state index is 0.0371. The standard InChI is InChI=1S/C11H25N3O4.2C2H6/c1-11(12)10-14(13)2-4-16-6-8-18-9-7-17-5-3-15;2*1-2/h10,15H,2-9,12-13H2,1H3;2*1-2H3/b11-10-;;. The van der Waals surface area contributed by atoms with Crippen LogP contribution in [0.5, 0.6) is 0 Å². The molecule has 0 rings (SSSR count). The molecule has 0 fully saturated rings. The van der Waals surface area contributed by atoms with Crippen LogP contribution in [0.1, 0.15) is 34.6 Å². The number of aliphatic hydroxyl groups is 1. The van der Waals surface area contributed by atoms with Crippen LogP contribution < -0.4 is 11.6 Å². The second kappa shape index (κ2) is 25.1. The molecular formula is C15H37N3O4. The summed E-state index contributed by atoms with van der Waals surface area (Å²) in [6, 6.07) is 0. The number of nitrogens with zero attached hydrogens (tertiary/aromatic N) is 1. The van der Waals surface area contributed by atoms with E-state index in [2.05, 4.69) is 0 Å².